The number of ether oxygens (including phenoxy) is 1. The number of pyridine rings is 3. The summed E-state index contributed by atoms with van der Waals surface area (Å²) in [6, 6.07) is 10.0. The van der Waals surface area contributed by atoms with Crippen molar-refractivity contribution in [3.8, 4) is 28.3 Å². The predicted molar refractivity (Wildman–Crippen MR) is 119 cm³/mol. The number of nitrogens with zero attached hydrogens (tertiary/aromatic N) is 4. The number of H-pyrrole nitrogens is 2. The predicted octanol–water partition coefficient (Wildman–Crippen LogP) is 3.69. The van der Waals surface area contributed by atoms with Crippen LogP contribution in [0.4, 0.5) is 0 Å². The van der Waals surface area contributed by atoms with Crippen LogP contribution in [0.25, 0.3) is 44.6 Å². The molecule has 0 saturated carbocycles. The van der Waals surface area contributed by atoms with Crippen LogP contribution in [-0.4, -0.2) is 49.3 Å². The molecule has 1 aliphatic rings. The van der Waals surface area contributed by atoms with Gasteiger partial charge in [-0.25, -0.2) is 4.98 Å². The van der Waals surface area contributed by atoms with Crippen molar-refractivity contribution in [2.45, 2.75) is 18.9 Å². The van der Waals surface area contributed by atoms with Crippen LogP contribution in [0.1, 0.15) is 12.8 Å². The van der Waals surface area contributed by atoms with Gasteiger partial charge in [0.15, 0.2) is 5.65 Å². The van der Waals surface area contributed by atoms with E-state index >= 15 is 0 Å². The standard InChI is InChI=1S/C23H21N7O/c1-2-19-20(26-5-1)10-21(28-19)22-18-9-15(12-27-23(18)30-29-22)14-8-17(13-25-11-14)31-16-3-6-24-7-4-16/h1-2,5,8-13,16,24,28H,3-4,6-7H2,(H,27,29,30). The monoisotopic (exact) mass is 411 g/mol. The van der Waals surface area contributed by atoms with Gasteiger partial charge in [0.1, 0.15) is 17.5 Å². The molecule has 3 N–H and O–H groups in total. The highest BCUT2D eigenvalue weighted by Crippen LogP contribution is 2.31. The van der Waals surface area contributed by atoms with Crippen molar-refractivity contribution in [3.63, 3.8) is 0 Å². The Labute approximate surface area is 178 Å². The molecule has 0 aromatic carbocycles. The van der Waals surface area contributed by atoms with Gasteiger partial charge in [0.2, 0.25) is 0 Å². The normalized spacial score (nSPS) is 15.0. The minimum Gasteiger partial charge on any atom is -0.489 e. The number of rotatable bonds is 4. The summed E-state index contributed by atoms with van der Waals surface area (Å²) in [6.07, 6.45) is 9.49. The van der Waals surface area contributed by atoms with Crippen molar-refractivity contribution in [2.75, 3.05) is 13.1 Å². The Bertz CT molecular complexity index is 1330. The summed E-state index contributed by atoms with van der Waals surface area (Å²) in [7, 11) is 0. The van der Waals surface area contributed by atoms with Gasteiger partial charge in [0, 0.05) is 35.1 Å². The molecule has 6 rings (SSSR count). The van der Waals surface area contributed by atoms with E-state index in [1.54, 1.807) is 12.4 Å². The van der Waals surface area contributed by atoms with Crippen molar-refractivity contribution in [1.82, 2.24) is 35.5 Å². The second kappa shape index (κ2) is 7.48. The molecule has 0 atom stereocenters. The summed E-state index contributed by atoms with van der Waals surface area (Å²) in [5, 5.41) is 11.8. The molecule has 8 nitrogen and oxygen atoms in total. The van der Waals surface area contributed by atoms with Gasteiger partial charge in [0.25, 0.3) is 0 Å². The molecule has 1 aliphatic heterocycles. The summed E-state index contributed by atoms with van der Waals surface area (Å²) >= 11 is 0. The maximum absolute atomic E-state index is 6.16. The van der Waals surface area contributed by atoms with Crippen LogP contribution >= 0.6 is 0 Å². The van der Waals surface area contributed by atoms with Crippen LogP contribution < -0.4 is 10.1 Å². The van der Waals surface area contributed by atoms with E-state index < -0.39 is 0 Å². The van der Waals surface area contributed by atoms with Crippen LogP contribution in [0, 0.1) is 0 Å². The highest BCUT2D eigenvalue weighted by Gasteiger charge is 2.16. The zero-order valence-corrected chi connectivity index (χ0v) is 16.8. The zero-order chi connectivity index (χ0) is 20.6. The lowest BCUT2D eigenvalue weighted by Crippen LogP contribution is -2.34. The lowest BCUT2D eigenvalue weighted by Gasteiger charge is -2.23. The third-order valence-corrected chi connectivity index (χ3v) is 5.70. The maximum atomic E-state index is 6.16. The Morgan fingerprint density at radius 3 is 2.77 bits per heavy atom. The molecule has 0 aliphatic carbocycles. The van der Waals surface area contributed by atoms with E-state index in [1.807, 2.05) is 36.7 Å². The molecular formula is C23H21N7O. The lowest BCUT2D eigenvalue weighted by atomic mass is 10.1. The van der Waals surface area contributed by atoms with E-state index in [0.717, 1.165) is 76.3 Å². The lowest BCUT2D eigenvalue weighted by molar-refractivity contribution is 0.162. The Kier molecular flexibility index (Phi) is 4.35. The molecule has 1 saturated heterocycles. The van der Waals surface area contributed by atoms with E-state index in [1.165, 1.54) is 0 Å². The third kappa shape index (κ3) is 3.40. The first kappa shape index (κ1) is 18.0. The van der Waals surface area contributed by atoms with Crippen molar-refractivity contribution < 1.29 is 4.74 Å². The van der Waals surface area contributed by atoms with Crippen molar-refractivity contribution in [3.05, 3.63) is 55.1 Å². The molecule has 8 heteroatoms. The minimum absolute atomic E-state index is 0.231. The summed E-state index contributed by atoms with van der Waals surface area (Å²) in [5.41, 5.74) is 6.27. The third-order valence-electron chi connectivity index (χ3n) is 5.70. The molecule has 5 aromatic heterocycles. The molecule has 6 heterocycles. The Balaban J connectivity index is 1.36. The molecule has 0 bridgehead atoms. The second-order valence-corrected chi connectivity index (χ2v) is 7.79. The number of nitrogens with one attached hydrogen (secondary N) is 3. The first-order valence-corrected chi connectivity index (χ1v) is 10.4. The van der Waals surface area contributed by atoms with E-state index in [9.17, 15) is 0 Å². The van der Waals surface area contributed by atoms with Crippen molar-refractivity contribution in [1.29, 1.82) is 0 Å². The number of hydrogen-bond acceptors (Lipinski definition) is 6. The highest BCUT2D eigenvalue weighted by atomic mass is 16.5. The topological polar surface area (TPSA) is 104 Å². The number of aromatic amines is 2. The quantitative estimate of drug-likeness (QED) is 0.417. The number of hydrogen-bond donors (Lipinski definition) is 3. The van der Waals surface area contributed by atoms with Gasteiger partial charge in [-0.1, -0.05) is 0 Å². The average Bonchev–Trinajstić information content (AvgIpc) is 3.43. The van der Waals surface area contributed by atoms with E-state index in [0.29, 0.717) is 0 Å². The molecule has 0 spiro atoms. The van der Waals surface area contributed by atoms with Crippen molar-refractivity contribution in [2.24, 2.45) is 0 Å². The molecule has 5 aromatic rings. The van der Waals surface area contributed by atoms with Gasteiger partial charge in [-0.3, -0.25) is 15.1 Å². The van der Waals surface area contributed by atoms with E-state index in [-0.39, 0.29) is 6.10 Å². The van der Waals surface area contributed by atoms with Gasteiger partial charge >= 0.3 is 0 Å². The zero-order valence-electron chi connectivity index (χ0n) is 16.8. The molecule has 31 heavy (non-hydrogen) atoms. The van der Waals surface area contributed by atoms with Crippen LogP contribution in [0.5, 0.6) is 5.75 Å². The van der Waals surface area contributed by atoms with Crippen LogP contribution in [0.3, 0.4) is 0 Å². The fourth-order valence-corrected chi connectivity index (χ4v) is 4.10. The summed E-state index contributed by atoms with van der Waals surface area (Å²) < 4.78 is 6.16. The van der Waals surface area contributed by atoms with E-state index in [2.05, 4.69) is 41.5 Å². The summed E-state index contributed by atoms with van der Waals surface area (Å²) in [4.78, 5) is 16.8. The van der Waals surface area contributed by atoms with Gasteiger partial charge in [-0.15, -0.1) is 0 Å². The fourth-order valence-electron chi connectivity index (χ4n) is 4.10. The second-order valence-electron chi connectivity index (χ2n) is 7.79. The van der Waals surface area contributed by atoms with Crippen molar-refractivity contribution >= 4 is 22.1 Å². The number of fused-ring (bicyclic) bond motifs is 2. The molecule has 0 radical (unpaired) electrons. The fraction of sp³-hybridized carbons (Fsp3) is 0.217. The Morgan fingerprint density at radius 2 is 1.87 bits per heavy atom. The first-order valence-electron chi connectivity index (χ1n) is 10.4. The van der Waals surface area contributed by atoms with Crippen LogP contribution in [0.15, 0.2) is 55.1 Å². The minimum atomic E-state index is 0.231. The Hall–Kier alpha value is -3.78. The van der Waals surface area contributed by atoms with Crippen LogP contribution in [0.2, 0.25) is 0 Å². The Morgan fingerprint density at radius 1 is 0.968 bits per heavy atom. The molecule has 1 fully saturated rings. The van der Waals surface area contributed by atoms with E-state index in [4.69, 9.17) is 4.74 Å². The molecule has 0 unspecified atom stereocenters. The number of piperidine rings is 1. The molecule has 0 amide bonds. The SMILES string of the molecule is c1cnc2cc(-c3n[nH]c4ncc(-c5cncc(OC6CCNCC6)c5)cc34)[nH]c2c1. The van der Waals surface area contributed by atoms with Gasteiger partial charge in [-0.05, 0) is 56.3 Å². The first-order chi connectivity index (χ1) is 15.3. The highest BCUT2D eigenvalue weighted by molar-refractivity contribution is 5.95. The van der Waals surface area contributed by atoms with Crippen LogP contribution in [-0.2, 0) is 0 Å². The average molecular weight is 411 g/mol. The number of aromatic nitrogens is 6. The molecule has 154 valence electrons. The van der Waals surface area contributed by atoms with Gasteiger partial charge < -0.3 is 15.0 Å². The maximum Gasteiger partial charge on any atom is 0.155 e. The van der Waals surface area contributed by atoms with Gasteiger partial charge in [0.05, 0.1) is 22.9 Å². The molecular weight excluding hydrogens is 390 g/mol. The largest absolute Gasteiger partial charge is 0.489 e. The van der Waals surface area contributed by atoms with Gasteiger partial charge in [-0.2, -0.15) is 5.10 Å². The summed E-state index contributed by atoms with van der Waals surface area (Å²) in [6.45, 7) is 1.98. The smallest absolute Gasteiger partial charge is 0.155 e. The summed E-state index contributed by atoms with van der Waals surface area (Å²) in [5.74, 6) is 0.790.